The Labute approximate surface area is 156 Å². The number of nitrogens with zero attached hydrogens (tertiary/aromatic N) is 1. The Hall–Kier alpha value is -2.67. The summed E-state index contributed by atoms with van der Waals surface area (Å²) in [5.41, 5.74) is -1.21. The third kappa shape index (κ3) is 4.03. The second-order valence-corrected chi connectivity index (χ2v) is 6.09. The summed E-state index contributed by atoms with van der Waals surface area (Å²) in [4.78, 5) is 3.82. The summed E-state index contributed by atoms with van der Waals surface area (Å²) in [6.45, 7) is 1.19. The maximum Gasteiger partial charge on any atom is 0.416 e. The highest BCUT2D eigenvalue weighted by Gasteiger charge is 2.31. The van der Waals surface area contributed by atoms with Crippen molar-refractivity contribution in [2.75, 3.05) is 0 Å². The maximum atomic E-state index is 14.4. The minimum Gasteiger partial charge on any atom is -0.436 e. The first kappa shape index (κ1) is 19.1. The van der Waals surface area contributed by atoms with Crippen molar-refractivity contribution in [1.82, 2.24) is 4.98 Å². The first-order valence-corrected chi connectivity index (χ1v) is 8.01. The van der Waals surface area contributed by atoms with E-state index in [1.54, 1.807) is 0 Å². The normalized spacial score (nSPS) is 11.5. The number of hydrogen-bond acceptors (Lipinski definition) is 2. The molecule has 0 aliphatic rings. The third-order valence-electron chi connectivity index (χ3n) is 3.76. The average Bonchev–Trinajstić information content (AvgIpc) is 2.63. The van der Waals surface area contributed by atoms with Crippen LogP contribution in [0.5, 0.6) is 11.6 Å². The largest absolute Gasteiger partial charge is 0.436 e. The molecule has 0 aliphatic heterocycles. The Morgan fingerprint density at radius 3 is 2.26 bits per heavy atom. The maximum absolute atomic E-state index is 14.4. The molecular weight excluding hydrogens is 389 g/mol. The highest BCUT2D eigenvalue weighted by Crippen LogP contribution is 2.35. The van der Waals surface area contributed by atoms with Gasteiger partial charge in [-0.3, -0.25) is 0 Å². The Morgan fingerprint density at radius 1 is 0.963 bits per heavy atom. The van der Waals surface area contributed by atoms with Gasteiger partial charge in [-0.05, 0) is 37.3 Å². The molecule has 2 aromatic carbocycles. The summed E-state index contributed by atoms with van der Waals surface area (Å²) in [5, 5.41) is 0.415. The highest BCUT2D eigenvalue weighted by atomic mass is 35.5. The van der Waals surface area contributed by atoms with Crippen molar-refractivity contribution in [2.45, 2.75) is 13.1 Å². The molecule has 3 rings (SSSR count). The fourth-order valence-corrected chi connectivity index (χ4v) is 2.47. The molecule has 0 amide bonds. The molecule has 0 aliphatic carbocycles. The number of ether oxygens (including phenoxy) is 1. The van der Waals surface area contributed by atoms with Crippen molar-refractivity contribution in [2.24, 2.45) is 0 Å². The van der Waals surface area contributed by atoms with Crippen LogP contribution in [0.3, 0.4) is 0 Å². The zero-order chi connectivity index (χ0) is 19.8. The SMILES string of the molecule is Cc1c(F)c(Oc2cccc(C(F)(F)F)c2)nc(-c2ccc(Cl)cc2)c1F. The topological polar surface area (TPSA) is 22.1 Å². The number of halogens is 6. The van der Waals surface area contributed by atoms with E-state index in [4.69, 9.17) is 16.3 Å². The lowest BCUT2D eigenvalue weighted by atomic mass is 10.1. The predicted octanol–water partition coefficient (Wildman–Crippen LogP) is 6.80. The number of aromatic nitrogens is 1. The van der Waals surface area contributed by atoms with Crippen LogP contribution in [-0.2, 0) is 6.18 Å². The van der Waals surface area contributed by atoms with Crippen LogP contribution in [0.2, 0.25) is 5.02 Å². The van der Waals surface area contributed by atoms with Crippen LogP contribution in [0.4, 0.5) is 22.0 Å². The van der Waals surface area contributed by atoms with E-state index in [-0.39, 0.29) is 17.0 Å². The van der Waals surface area contributed by atoms with Gasteiger partial charge in [0.2, 0.25) is 0 Å². The van der Waals surface area contributed by atoms with Crippen molar-refractivity contribution in [3.63, 3.8) is 0 Å². The number of benzene rings is 2. The van der Waals surface area contributed by atoms with Crippen molar-refractivity contribution in [1.29, 1.82) is 0 Å². The Kier molecular flexibility index (Phi) is 5.06. The van der Waals surface area contributed by atoms with Gasteiger partial charge in [0.1, 0.15) is 11.4 Å². The zero-order valence-electron chi connectivity index (χ0n) is 13.7. The minimum atomic E-state index is -4.58. The molecule has 2 nitrogen and oxygen atoms in total. The second kappa shape index (κ2) is 7.15. The van der Waals surface area contributed by atoms with E-state index in [2.05, 4.69) is 4.98 Å². The monoisotopic (exact) mass is 399 g/mol. The third-order valence-corrected chi connectivity index (χ3v) is 4.01. The van der Waals surface area contributed by atoms with E-state index in [1.165, 1.54) is 37.3 Å². The smallest absolute Gasteiger partial charge is 0.416 e. The Morgan fingerprint density at radius 2 is 1.63 bits per heavy atom. The summed E-state index contributed by atoms with van der Waals surface area (Å²) in [6.07, 6.45) is -4.58. The van der Waals surface area contributed by atoms with Crippen LogP contribution in [-0.4, -0.2) is 4.98 Å². The Balaban J connectivity index is 2.05. The summed E-state index contributed by atoms with van der Waals surface area (Å²) in [7, 11) is 0. The van der Waals surface area contributed by atoms with Crippen LogP contribution in [0.15, 0.2) is 48.5 Å². The van der Waals surface area contributed by atoms with Gasteiger partial charge in [0.05, 0.1) is 5.56 Å². The lowest BCUT2D eigenvalue weighted by molar-refractivity contribution is -0.137. The van der Waals surface area contributed by atoms with Gasteiger partial charge in [0.25, 0.3) is 5.88 Å². The molecule has 0 N–H and O–H groups in total. The Bertz CT molecular complexity index is 987. The lowest BCUT2D eigenvalue weighted by Gasteiger charge is -2.13. The highest BCUT2D eigenvalue weighted by molar-refractivity contribution is 6.30. The molecule has 8 heteroatoms. The molecule has 0 fully saturated rings. The van der Waals surface area contributed by atoms with Crippen LogP contribution < -0.4 is 4.74 Å². The van der Waals surface area contributed by atoms with Gasteiger partial charge in [-0.1, -0.05) is 29.8 Å². The lowest BCUT2D eigenvalue weighted by Crippen LogP contribution is -2.05. The quantitative estimate of drug-likeness (QED) is 0.452. The van der Waals surface area contributed by atoms with E-state index in [1.807, 2.05) is 0 Å². The summed E-state index contributed by atoms with van der Waals surface area (Å²) >= 11 is 5.79. The second-order valence-electron chi connectivity index (χ2n) is 5.65. The molecule has 1 heterocycles. The molecule has 0 saturated heterocycles. The summed E-state index contributed by atoms with van der Waals surface area (Å²) < 4.78 is 72.5. The molecule has 0 spiro atoms. The van der Waals surface area contributed by atoms with Gasteiger partial charge in [-0.2, -0.15) is 13.2 Å². The van der Waals surface area contributed by atoms with Gasteiger partial charge < -0.3 is 4.74 Å². The first-order valence-electron chi connectivity index (χ1n) is 7.63. The molecule has 0 radical (unpaired) electrons. The molecule has 1 aromatic heterocycles. The fourth-order valence-electron chi connectivity index (χ4n) is 2.35. The van der Waals surface area contributed by atoms with Gasteiger partial charge in [0, 0.05) is 16.1 Å². The standard InChI is InChI=1S/C19H11ClF5NO/c1-10-15(21)17(11-5-7-13(20)8-6-11)26-18(16(10)22)27-14-4-2-3-12(9-14)19(23,24)25/h2-9H,1H3. The van der Waals surface area contributed by atoms with Gasteiger partial charge >= 0.3 is 6.18 Å². The van der Waals surface area contributed by atoms with E-state index in [0.717, 1.165) is 12.1 Å². The molecule has 0 unspecified atom stereocenters. The average molecular weight is 400 g/mol. The molecule has 0 atom stereocenters. The van der Waals surface area contributed by atoms with E-state index >= 15 is 0 Å². The van der Waals surface area contributed by atoms with Crippen LogP contribution >= 0.6 is 11.6 Å². The molecule has 27 heavy (non-hydrogen) atoms. The van der Waals surface area contributed by atoms with Crippen molar-refractivity contribution in [3.05, 3.63) is 76.3 Å². The van der Waals surface area contributed by atoms with Crippen LogP contribution in [0.1, 0.15) is 11.1 Å². The number of hydrogen-bond donors (Lipinski definition) is 0. The minimum absolute atomic E-state index is 0.201. The first-order chi connectivity index (χ1) is 12.7. The molecule has 140 valence electrons. The van der Waals surface area contributed by atoms with E-state index in [9.17, 15) is 22.0 Å². The van der Waals surface area contributed by atoms with Gasteiger partial charge in [0.15, 0.2) is 11.6 Å². The van der Waals surface area contributed by atoms with Crippen molar-refractivity contribution in [3.8, 4) is 22.9 Å². The van der Waals surface area contributed by atoms with Crippen LogP contribution in [0, 0.1) is 18.6 Å². The predicted molar refractivity (Wildman–Crippen MR) is 90.9 cm³/mol. The van der Waals surface area contributed by atoms with Crippen molar-refractivity contribution >= 4 is 11.6 Å². The molecule has 0 saturated carbocycles. The fraction of sp³-hybridized carbons (Fsp3) is 0.105. The van der Waals surface area contributed by atoms with Gasteiger partial charge in [-0.15, -0.1) is 0 Å². The number of pyridine rings is 1. The summed E-state index contributed by atoms with van der Waals surface area (Å²) in [5.74, 6) is -2.89. The molecular formula is C19H11ClF5NO. The van der Waals surface area contributed by atoms with Crippen molar-refractivity contribution < 1.29 is 26.7 Å². The number of alkyl halides is 3. The van der Waals surface area contributed by atoms with E-state index < -0.39 is 29.3 Å². The number of rotatable bonds is 3. The zero-order valence-corrected chi connectivity index (χ0v) is 14.5. The van der Waals surface area contributed by atoms with E-state index in [0.29, 0.717) is 16.7 Å². The molecule has 3 aromatic rings. The van der Waals surface area contributed by atoms with Crippen LogP contribution in [0.25, 0.3) is 11.3 Å². The van der Waals surface area contributed by atoms with Gasteiger partial charge in [-0.25, -0.2) is 13.8 Å². The molecule has 0 bridgehead atoms. The summed E-state index contributed by atoms with van der Waals surface area (Å²) in [6, 6.07) is 9.88.